The van der Waals surface area contributed by atoms with Crippen LogP contribution in [0.15, 0.2) is 54.6 Å². The summed E-state index contributed by atoms with van der Waals surface area (Å²) in [6, 6.07) is 17.2. The van der Waals surface area contributed by atoms with Gasteiger partial charge in [0.1, 0.15) is 11.5 Å². The predicted octanol–water partition coefficient (Wildman–Crippen LogP) is 3.71. The summed E-state index contributed by atoms with van der Waals surface area (Å²) in [5, 5.41) is 7.53. The first kappa shape index (κ1) is 14.6. The van der Waals surface area contributed by atoms with Gasteiger partial charge in [-0.15, -0.1) is 0 Å². The number of para-hydroxylation sites is 1. The summed E-state index contributed by atoms with van der Waals surface area (Å²) in [7, 11) is 0. The van der Waals surface area contributed by atoms with Crippen LogP contribution < -0.4 is 5.32 Å². The predicted molar refractivity (Wildman–Crippen MR) is 92.5 cm³/mol. The zero-order chi connectivity index (χ0) is 16.5. The molecule has 0 bridgehead atoms. The van der Waals surface area contributed by atoms with Gasteiger partial charge in [-0.1, -0.05) is 24.3 Å². The van der Waals surface area contributed by atoms with Crippen LogP contribution in [0.5, 0.6) is 0 Å². The van der Waals surface area contributed by atoms with Gasteiger partial charge in [0.25, 0.3) is 5.91 Å². The van der Waals surface area contributed by atoms with Crippen molar-refractivity contribution in [2.75, 3.05) is 5.32 Å². The van der Waals surface area contributed by atoms with E-state index in [9.17, 15) is 4.79 Å². The summed E-state index contributed by atoms with van der Waals surface area (Å²) < 4.78 is 1.72. The molecule has 24 heavy (non-hydrogen) atoms. The van der Waals surface area contributed by atoms with Crippen LogP contribution in [0.1, 0.15) is 40.6 Å². The van der Waals surface area contributed by atoms with Crippen molar-refractivity contribution in [3.05, 3.63) is 71.7 Å². The van der Waals surface area contributed by atoms with Gasteiger partial charge in [0.05, 0.1) is 11.4 Å². The molecule has 1 saturated carbocycles. The van der Waals surface area contributed by atoms with Gasteiger partial charge in [-0.25, -0.2) is 9.67 Å². The third-order valence-corrected chi connectivity index (χ3v) is 4.09. The molecule has 0 radical (unpaired) electrons. The monoisotopic (exact) mass is 318 g/mol. The van der Waals surface area contributed by atoms with E-state index in [-0.39, 0.29) is 5.91 Å². The number of nitrogens with one attached hydrogen (secondary N) is 1. The largest absolute Gasteiger partial charge is 0.305 e. The molecule has 0 unspecified atom stereocenters. The number of carbonyl (C=O) groups excluding carboxylic acids is 1. The Morgan fingerprint density at radius 1 is 1.12 bits per heavy atom. The molecule has 1 aliphatic rings. The van der Waals surface area contributed by atoms with Gasteiger partial charge in [-0.2, -0.15) is 5.10 Å². The molecule has 1 amide bonds. The lowest BCUT2D eigenvalue weighted by Gasteiger charge is -2.08. The Balaban J connectivity index is 1.69. The smallest absolute Gasteiger partial charge is 0.275 e. The normalized spacial score (nSPS) is 13.7. The molecule has 4 rings (SSSR count). The first-order valence-electron chi connectivity index (χ1n) is 8.11. The van der Waals surface area contributed by atoms with Gasteiger partial charge >= 0.3 is 0 Å². The van der Waals surface area contributed by atoms with E-state index in [0.717, 1.165) is 29.9 Å². The van der Waals surface area contributed by atoms with E-state index in [4.69, 9.17) is 0 Å². The number of carbonyl (C=O) groups is 1. The van der Waals surface area contributed by atoms with Crippen molar-refractivity contribution in [1.82, 2.24) is 14.8 Å². The SMILES string of the molecule is Cc1cccc(NC(=O)c2cc(C3CC3)nn2-c2ccccc2)n1. The highest BCUT2D eigenvalue weighted by molar-refractivity contribution is 6.03. The molecule has 120 valence electrons. The van der Waals surface area contributed by atoms with Crippen LogP contribution >= 0.6 is 0 Å². The third kappa shape index (κ3) is 2.93. The first-order chi connectivity index (χ1) is 11.7. The highest BCUT2D eigenvalue weighted by Crippen LogP contribution is 2.39. The van der Waals surface area contributed by atoms with Crippen LogP contribution in [0, 0.1) is 6.92 Å². The van der Waals surface area contributed by atoms with Gasteiger partial charge in [0, 0.05) is 11.6 Å². The van der Waals surface area contributed by atoms with E-state index in [1.54, 1.807) is 10.7 Å². The molecule has 5 nitrogen and oxygen atoms in total. The number of benzene rings is 1. The van der Waals surface area contributed by atoms with Crippen molar-refractivity contribution in [2.24, 2.45) is 0 Å². The number of rotatable bonds is 4. The number of anilines is 1. The fourth-order valence-electron chi connectivity index (χ4n) is 2.70. The molecular formula is C19H18N4O. The Hall–Kier alpha value is -2.95. The maximum atomic E-state index is 12.8. The molecule has 3 aromatic rings. The van der Waals surface area contributed by atoms with Crippen molar-refractivity contribution in [3.63, 3.8) is 0 Å². The van der Waals surface area contributed by atoms with Crippen LogP contribution in [0.3, 0.4) is 0 Å². The van der Waals surface area contributed by atoms with E-state index < -0.39 is 0 Å². The molecular weight excluding hydrogens is 300 g/mol. The summed E-state index contributed by atoms with van der Waals surface area (Å²) in [5.74, 6) is 0.837. The van der Waals surface area contributed by atoms with Crippen LogP contribution in [-0.4, -0.2) is 20.7 Å². The summed E-state index contributed by atoms with van der Waals surface area (Å²) >= 11 is 0. The highest BCUT2D eigenvalue weighted by Gasteiger charge is 2.29. The molecule has 1 fully saturated rings. The zero-order valence-corrected chi connectivity index (χ0v) is 13.4. The van der Waals surface area contributed by atoms with Crippen LogP contribution in [0.4, 0.5) is 5.82 Å². The van der Waals surface area contributed by atoms with Gasteiger partial charge in [-0.05, 0) is 50.1 Å². The minimum absolute atomic E-state index is 0.198. The maximum Gasteiger partial charge on any atom is 0.275 e. The van der Waals surface area contributed by atoms with E-state index in [1.165, 1.54) is 0 Å². The first-order valence-corrected chi connectivity index (χ1v) is 8.11. The van der Waals surface area contributed by atoms with Gasteiger partial charge < -0.3 is 5.32 Å². The fraction of sp³-hybridized carbons (Fsp3) is 0.211. The molecule has 1 aliphatic carbocycles. The molecule has 5 heteroatoms. The van der Waals surface area contributed by atoms with E-state index >= 15 is 0 Å². The minimum Gasteiger partial charge on any atom is -0.305 e. The van der Waals surface area contributed by atoms with Crippen LogP contribution in [0.2, 0.25) is 0 Å². The van der Waals surface area contributed by atoms with Gasteiger partial charge in [0.15, 0.2) is 0 Å². The Bertz CT molecular complexity index is 881. The number of pyridine rings is 1. The molecule has 0 spiro atoms. The summed E-state index contributed by atoms with van der Waals surface area (Å²) in [6.45, 7) is 1.90. The van der Waals surface area contributed by atoms with Crippen molar-refractivity contribution >= 4 is 11.7 Å². The summed E-state index contributed by atoms with van der Waals surface area (Å²) in [6.07, 6.45) is 2.29. The highest BCUT2D eigenvalue weighted by atomic mass is 16.2. The third-order valence-electron chi connectivity index (χ3n) is 4.09. The molecule has 0 atom stereocenters. The molecule has 1 N–H and O–H groups in total. The lowest BCUT2D eigenvalue weighted by Crippen LogP contribution is -2.17. The van der Waals surface area contributed by atoms with Crippen molar-refractivity contribution in [3.8, 4) is 5.69 Å². The Kier molecular flexibility index (Phi) is 3.61. The Labute approximate surface area is 140 Å². The summed E-state index contributed by atoms with van der Waals surface area (Å²) in [4.78, 5) is 17.1. The number of aryl methyl sites for hydroxylation is 1. The number of aromatic nitrogens is 3. The Morgan fingerprint density at radius 2 is 1.92 bits per heavy atom. The molecule has 2 heterocycles. The van der Waals surface area contributed by atoms with Gasteiger partial charge in [-0.3, -0.25) is 4.79 Å². The minimum atomic E-state index is -0.198. The van der Waals surface area contributed by atoms with Crippen molar-refractivity contribution in [1.29, 1.82) is 0 Å². The second kappa shape index (κ2) is 5.92. The molecule has 2 aromatic heterocycles. The second-order valence-corrected chi connectivity index (χ2v) is 6.09. The fourth-order valence-corrected chi connectivity index (χ4v) is 2.70. The zero-order valence-electron chi connectivity index (χ0n) is 13.4. The number of nitrogens with zero attached hydrogens (tertiary/aromatic N) is 3. The van der Waals surface area contributed by atoms with Crippen LogP contribution in [-0.2, 0) is 0 Å². The standard InChI is InChI=1S/C19H18N4O/c1-13-6-5-9-18(20-13)21-19(24)17-12-16(14-10-11-14)22-23(17)15-7-3-2-4-8-15/h2-9,12,14H,10-11H2,1H3,(H,20,21,24). The van der Waals surface area contributed by atoms with Crippen LogP contribution in [0.25, 0.3) is 5.69 Å². The van der Waals surface area contributed by atoms with Gasteiger partial charge in [0.2, 0.25) is 0 Å². The van der Waals surface area contributed by atoms with Crippen molar-refractivity contribution in [2.45, 2.75) is 25.7 Å². The lowest BCUT2D eigenvalue weighted by molar-refractivity contribution is 0.101. The molecule has 0 saturated heterocycles. The number of hydrogen-bond acceptors (Lipinski definition) is 3. The average molecular weight is 318 g/mol. The Morgan fingerprint density at radius 3 is 2.62 bits per heavy atom. The summed E-state index contributed by atoms with van der Waals surface area (Å²) in [5.41, 5.74) is 3.27. The van der Waals surface area contributed by atoms with E-state index in [2.05, 4.69) is 15.4 Å². The molecule has 0 aliphatic heterocycles. The maximum absolute atomic E-state index is 12.8. The quantitative estimate of drug-likeness (QED) is 0.798. The number of hydrogen-bond donors (Lipinski definition) is 1. The topological polar surface area (TPSA) is 59.8 Å². The van der Waals surface area contributed by atoms with E-state index in [0.29, 0.717) is 17.4 Å². The lowest BCUT2D eigenvalue weighted by atomic mass is 10.2. The van der Waals surface area contributed by atoms with E-state index in [1.807, 2.05) is 55.5 Å². The molecule has 1 aromatic carbocycles. The average Bonchev–Trinajstić information content (AvgIpc) is 3.34. The second-order valence-electron chi connectivity index (χ2n) is 6.09. The van der Waals surface area contributed by atoms with Crippen molar-refractivity contribution < 1.29 is 4.79 Å². The number of amides is 1.